The number of carbonyl (C=O) groups is 1. The molecule has 106 valence electrons. The zero-order valence-electron chi connectivity index (χ0n) is 11.6. The van der Waals surface area contributed by atoms with Gasteiger partial charge in [0.2, 0.25) is 5.91 Å². The number of carbonyl (C=O) groups excluding carboxylic acids is 1. The summed E-state index contributed by atoms with van der Waals surface area (Å²) >= 11 is 0. The molecular formula is C15H19N3O2. The first-order valence-corrected chi connectivity index (χ1v) is 6.64. The number of ether oxygens (including phenoxy) is 1. The van der Waals surface area contributed by atoms with E-state index in [1.807, 2.05) is 41.2 Å². The lowest BCUT2D eigenvalue weighted by molar-refractivity contribution is -0.121. The summed E-state index contributed by atoms with van der Waals surface area (Å²) in [5.41, 5.74) is 2.07. The number of nitrogens with one attached hydrogen (secondary N) is 1. The highest BCUT2D eigenvalue weighted by Gasteiger charge is 2.04. The van der Waals surface area contributed by atoms with Gasteiger partial charge < -0.3 is 10.1 Å². The monoisotopic (exact) mass is 273 g/mol. The molecule has 5 nitrogen and oxygen atoms in total. The molecule has 0 saturated heterocycles. The van der Waals surface area contributed by atoms with Crippen molar-refractivity contribution in [2.45, 2.75) is 12.8 Å². The molecule has 1 N–H and O–H groups in total. The fourth-order valence-electron chi connectivity index (χ4n) is 1.85. The van der Waals surface area contributed by atoms with Gasteiger partial charge in [0.25, 0.3) is 0 Å². The van der Waals surface area contributed by atoms with Crippen LogP contribution in [-0.2, 0) is 16.0 Å². The molecule has 1 aromatic heterocycles. The molecule has 0 fully saturated rings. The average Bonchev–Trinajstić information content (AvgIpc) is 2.95. The second kappa shape index (κ2) is 7.45. The Labute approximate surface area is 118 Å². The van der Waals surface area contributed by atoms with Crippen molar-refractivity contribution in [2.24, 2.45) is 0 Å². The van der Waals surface area contributed by atoms with Gasteiger partial charge in [0.1, 0.15) is 0 Å². The van der Waals surface area contributed by atoms with Crippen molar-refractivity contribution in [1.29, 1.82) is 0 Å². The van der Waals surface area contributed by atoms with Crippen LogP contribution in [0.2, 0.25) is 0 Å². The number of amides is 1. The summed E-state index contributed by atoms with van der Waals surface area (Å²) in [7, 11) is 1.62. The van der Waals surface area contributed by atoms with Crippen molar-refractivity contribution < 1.29 is 9.53 Å². The quantitative estimate of drug-likeness (QED) is 0.779. The van der Waals surface area contributed by atoms with Crippen LogP contribution in [0.1, 0.15) is 12.0 Å². The third kappa shape index (κ3) is 4.20. The SMILES string of the molecule is COCCNC(=O)CCc1cnn(-c2ccccc2)c1. The fourth-order valence-corrected chi connectivity index (χ4v) is 1.85. The van der Waals surface area contributed by atoms with Crippen molar-refractivity contribution >= 4 is 5.91 Å². The first-order chi connectivity index (χ1) is 9.79. The van der Waals surface area contributed by atoms with Gasteiger partial charge in [-0.1, -0.05) is 18.2 Å². The van der Waals surface area contributed by atoms with Gasteiger partial charge in [-0.25, -0.2) is 4.68 Å². The molecule has 0 radical (unpaired) electrons. The van der Waals surface area contributed by atoms with Crippen LogP contribution in [0.15, 0.2) is 42.7 Å². The van der Waals surface area contributed by atoms with E-state index in [1.54, 1.807) is 13.3 Å². The van der Waals surface area contributed by atoms with Crippen LogP contribution >= 0.6 is 0 Å². The third-order valence-corrected chi connectivity index (χ3v) is 2.93. The number of aryl methyl sites for hydroxylation is 1. The Kier molecular flexibility index (Phi) is 5.32. The number of para-hydroxylation sites is 1. The molecule has 0 bridgehead atoms. The van der Waals surface area contributed by atoms with E-state index in [2.05, 4.69) is 10.4 Å². The van der Waals surface area contributed by atoms with Crippen LogP contribution in [-0.4, -0.2) is 35.9 Å². The Morgan fingerprint density at radius 1 is 1.35 bits per heavy atom. The summed E-state index contributed by atoms with van der Waals surface area (Å²) in [6, 6.07) is 9.90. The van der Waals surface area contributed by atoms with Gasteiger partial charge in [0, 0.05) is 26.3 Å². The minimum Gasteiger partial charge on any atom is -0.383 e. The zero-order valence-corrected chi connectivity index (χ0v) is 11.6. The predicted octanol–water partition coefficient (Wildman–Crippen LogP) is 1.57. The summed E-state index contributed by atoms with van der Waals surface area (Å²) in [4.78, 5) is 11.6. The van der Waals surface area contributed by atoms with E-state index in [9.17, 15) is 4.79 Å². The van der Waals surface area contributed by atoms with Gasteiger partial charge in [-0.2, -0.15) is 5.10 Å². The molecule has 1 aromatic carbocycles. The maximum absolute atomic E-state index is 11.6. The van der Waals surface area contributed by atoms with Gasteiger partial charge in [0.15, 0.2) is 0 Å². The summed E-state index contributed by atoms with van der Waals surface area (Å²) < 4.78 is 6.70. The molecule has 0 spiro atoms. The number of benzene rings is 1. The van der Waals surface area contributed by atoms with Crippen LogP contribution < -0.4 is 5.32 Å². The van der Waals surface area contributed by atoms with Crippen LogP contribution in [0.5, 0.6) is 0 Å². The summed E-state index contributed by atoms with van der Waals surface area (Å²) in [5, 5.41) is 7.11. The third-order valence-electron chi connectivity index (χ3n) is 2.93. The zero-order chi connectivity index (χ0) is 14.2. The lowest BCUT2D eigenvalue weighted by Crippen LogP contribution is -2.27. The van der Waals surface area contributed by atoms with E-state index < -0.39 is 0 Å². The van der Waals surface area contributed by atoms with Gasteiger partial charge in [-0.3, -0.25) is 4.79 Å². The molecule has 0 aliphatic heterocycles. The number of rotatable bonds is 7. The number of aromatic nitrogens is 2. The minimum absolute atomic E-state index is 0.0366. The normalized spacial score (nSPS) is 10.4. The maximum Gasteiger partial charge on any atom is 0.220 e. The molecule has 5 heteroatoms. The molecule has 2 aromatic rings. The van der Waals surface area contributed by atoms with Gasteiger partial charge in [-0.05, 0) is 24.1 Å². The van der Waals surface area contributed by atoms with Crippen LogP contribution in [0.25, 0.3) is 5.69 Å². The van der Waals surface area contributed by atoms with E-state index in [0.717, 1.165) is 11.3 Å². The Hall–Kier alpha value is -2.14. The number of hydrogen-bond acceptors (Lipinski definition) is 3. The van der Waals surface area contributed by atoms with E-state index in [-0.39, 0.29) is 5.91 Å². The largest absolute Gasteiger partial charge is 0.383 e. The minimum atomic E-state index is 0.0366. The molecule has 2 rings (SSSR count). The van der Waals surface area contributed by atoms with Crippen molar-refractivity contribution in [2.75, 3.05) is 20.3 Å². The number of methoxy groups -OCH3 is 1. The van der Waals surface area contributed by atoms with Crippen molar-refractivity contribution in [3.8, 4) is 5.69 Å². The second-order valence-corrected chi connectivity index (χ2v) is 4.47. The first-order valence-electron chi connectivity index (χ1n) is 6.64. The molecule has 0 aliphatic carbocycles. The number of hydrogen-bond donors (Lipinski definition) is 1. The van der Waals surface area contributed by atoms with Gasteiger partial charge >= 0.3 is 0 Å². The highest BCUT2D eigenvalue weighted by molar-refractivity contribution is 5.76. The Morgan fingerprint density at radius 3 is 2.90 bits per heavy atom. The molecule has 1 amide bonds. The van der Waals surface area contributed by atoms with Crippen LogP contribution in [0.4, 0.5) is 0 Å². The molecule has 1 heterocycles. The summed E-state index contributed by atoms with van der Waals surface area (Å²) in [6.45, 7) is 1.09. The first kappa shape index (κ1) is 14.3. The standard InChI is InChI=1S/C15H19N3O2/c1-20-10-9-16-15(19)8-7-13-11-17-18(12-13)14-5-3-2-4-6-14/h2-6,11-12H,7-10H2,1H3,(H,16,19). The average molecular weight is 273 g/mol. The van der Waals surface area contributed by atoms with Crippen LogP contribution in [0.3, 0.4) is 0 Å². The molecule has 0 atom stereocenters. The highest BCUT2D eigenvalue weighted by atomic mass is 16.5. The van der Waals surface area contributed by atoms with Crippen molar-refractivity contribution in [1.82, 2.24) is 15.1 Å². The number of nitrogens with zero attached hydrogens (tertiary/aromatic N) is 2. The molecule has 0 unspecified atom stereocenters. The van der Waals surface area contributed by atoms with Crippen molar-refractivity contribution in [3.63, 3.8) is 0 Å². The summed E-state index contributed by atoms with van der Waals surface area (Å²) in [5.74, 6) is 0.0366. The lowest BCUT2D eigenvalue weighted by Gasteiger charge is -2.03. The molecule has 20 heavy (non-hydrogen) atoms. The van der Waals surface area contributed by atoms with Gasteiger partial charge in [-0.15, -0.1) is 0 Å². The summed E-state index contributed by atoms with van der Waals surface area (Å²) in [6.07, 6.45) is 4.91. The van der Waals surface area contributed by atoms with Gasteiger partial charge in [0.05, 0.1) is 18.5 Å². The molecule has 0 saturated carbocycles. The Bertz CT molecular complexity index is 537. The molecule has 0 aliphatic rings. The predicted molar refractivity (Wildman–Crippen MR) is 76.8 cm³/mol. The van der Waals surface area contributed by atoms with E-state index >= 15 is 0 Å². The lowest BCUT2D eigenvalue weighted by atomic mass is 10.2. The Morgan fingerprint density at radius 2 is 2.15 bits per heavy atom. The fraction of sp³-hybridized carbons (Fsp3) is 0.333. The Balaban J connectivity index is 1.83. The maximum atomic E-state index is 11.6. The van der Waals surface area contributed by atoms with Crippen LogP contribution in [0, 0.1) is 0 Å². The molecular weight excluding hydrogens is 254 g/mol. The van der Waals surface area contributed by atoms with Crippen molar-refractivity contribution in [3.05, 3.63) is 48.3 Å². The highest BCUT2D eigenvalue weighted by Crippen LogP contribution is 2.08. The van der Waals surface area contributed by atoms with E-state index in [4.69, 9.17) is 4.74 Å². The van der Waals surface area contributed by atoms with E-state index in [0.29, 0.717) is 26.0 Å². The topological polar surface area (TPSA) is 56.1 Å². The smallest absolute Gasteiger partial charge is 0.220 e. The van der Waals surface area contributed by atoms with E-state index in [1.165, 1.54) is 0 Å². The second-order valence-electron chi connectivity index (χ2n) is 4.47.